The van der Waals surface area contributed by atoms with Crippen molar-refractivity contribution in [1.82, 2.24) is 0 Å². The number of allylic oxidation sites excluding steroid dienone is 4. The van der Waals surface area contributed by atoms with E-state index >= 15 is 0 Å². The van der Waals surface area contributed by atoms with Gasteiger partial charge in [-0.05, 0) is 38.0 Å². The summed E-state index contributed by atoms with van der Waals surface area (Å²) in [5.41, 5.74) is 6.74. The van der Waals surface area contributed by atoms with Gasteiger partial charge in [-0.2, -0.15) is 0 Å². The topological polar surface area (TPSA) is 0 Å². The molecule has 199 valence electrons. The van der Waals surface area contributed by atoms with Crippen molar-refractivity contribution in [1.29, 1.82) is 0 Å². The van der Waals surface area contributed by atoms with Gasteiger partial charge in [0.15, 0.2) is 0 Å². The minimum absolute atomic E-state index is 0. The minimum Gasteiger partial charge on any atom is -1.00 e. The van der Waals surface area contributed by atoms with E-state index in [1.807, 2.05) is 0 Å². The maximum Gasteiger partial charge on any atom is 3.00 e. The van der Waals surface area contributed by atoms with E-state index in [4.69, 9.17) is 0 Å². The average molecular weight is 672 g/mol. The molecule has 8 rings (SSSR count). The molecule has 4 heteroatoms. The fourth-order valence-electron chi connectivity index (χ4n) is 6.49. The second kappa shape index (κ2) is 12.6. The van der Waals surface area contributed by atoms with Crippen LogP contribution in [0.3, 0.4) is 0 Å². The van der Waals surface area contributed by atoms with Gasteiger partial charge in [0.25, 0.3) is 0 Å². The number of hydrogen-bond donors (Lipinski definition) is 0. The molecule has 0 saturated carbocycles. The van der Waals surface area contributed by atoms with Crippen molar-refractivity contribution in [3.8, 4) is 11.1 Å². The number of rotatable bonds is 3. The van der Waals surface area contributed by atoms with Crippen LogP contribution in [0, 0.1) is 4.81 Å². The fourth-order valence-corrected chi connectivity index (χ4v) is 9.29. The van der Waals surface area contributed by atoms with E-state index in [2.05, 4.69) is 146 Å². The van der Waals surface area contributed by atoms with Gasteiger partial charge >= 0.3 is 26.2 Å². The van der Waals surface area contributed by atoms with Crippen LogP contribution in [0.1, 0.15) is 17.5 Å². The summed E-state index contributed by atoms with van der Waals surface area (Å²) in [6, 6.07) is 44.7. The van der Waals surface area contributed by atoms with Crippen molar-refractivity contribution in [2.24, 2.45) is 0 Å². The summed E-state index contributed by atoms with van der Waals surface area (Å²) in [7, 11) is -1.26. The number of hydrogen-bond acceptors (Lipinski definition) is 0. The maximum atomic E-state index is 3.89. The zero-order valence-corrected chi connectivity index (χ0v) is 27.7. The van der Waals surface area contributed by atoms with Crippen molar-refractivity contribution in [2.75, 3.05) is 0 Å². The Hall–Kier alpha value is -3.13. The molecule has 6 aromatic carbocycles. The van der Waals surface area contributed by atoms with Crippen LogP contribution in [0.5, 0.6) is 0 Å². The second-order valence-electron chi connectivity index (χ2n) is 10.3. The Bertz CT molecular complexity index is 2090. The first-order chi connectivity index (χ1) is 19.4. The molecular formula is C38H25Cl2SiZr. The van der Waals surface area contributed by atoms with Gasteiger partial charge in [0.1, 0.15) is 0 Å². The molecule has 1 radical (unpaired) electrons. The molecule has 0 nitrogen and oxygen atoms in total. The molecule has 2 aliphatic carbocycles. The van der Waals surface area contributed by atoms with E-state index in [0.29, 0.717) is 0 Å². The second-order valence-corrected chi connectivity index (χ2v) is 12.8. The molecule has 0 amide bonds. The van der Waals surface area contributed by atoms with Crippen molar-refractivity contribution in [3.05, 3.63) is 161 Å². The van der Waals surface area contributed by atoms with Gasteiger partial charge in [-0.25, -0.2) is 0 Å². The molecule has 6 aromatic rings. The predicted octanol–water partition coefficient (Wildman–Crippen LogP) is 1.17. The third-order valence-electron chi connectivity index (χ3n) is 8.13. The SMILES string of the molecule is [C-]1=c2ccc(=[Si](c3ccccc3)c3ccccc3)c(C3=CC=CC3)c2-c2c1c1ccccc1c1ccccc21.[Cl-].[Cl-].[Zr+3]. The summed E-state index contributed by atoms with van der Waals surface area (Å²) in [5.74, 6) is 0. The van der Waals surface area contributed by atoms with Crippen LogP contribution < -0.4 is 40.4 Å². The zero-order chi connectivity index (χ0) is 25.8. The van der Waals surface area contributed by atoms with Gasteiger partial charge in [0.2, 0.25) is 0 Å². The Morgan fingerprint density at radius 3 is 1.67 bits per heavy atom. The Labute approximate surface area is 279 Å². The van der Waals surface area contributed by atoms with E-state index in [9.17, 15) is 0 Å². The van der Waals surface area contributed by atoms with Crippen LogP contribution in [0.4, 0.5) is 0 Å². The Balaban J connectivity index is 0.00000118. The van der Waals surface area contributed by atoms with Gasteiger partial charge in [-0.1, -0.05) is 155 Å². The van der Waals surface area contributed by atoms with Gasteiger partial charge in [0, 0.05) is 0 Å². The molecule has 0 heterocycles. The molecule has 0 saturated heterocycles. The number of benzene rings is 6. The van der Waals surface area contributed by atoms with E-state index in [1.165, 1.54) is 69.8 Å². The molecule has 0 aliphatic heterocycles. The summed E-state index contributed by atoms with van der Waals surface area (Å²) in [5, 5.41) is 9.25. The number of fused-ring (bicyclic) bond motifs is 8. The van der Waals surface area contributed by atoms with Gasteiger partial charge in [-0.15, -0.1) is 28.5 Å². The van der Waals surface area contributed by atoms with Gasteiger partial charge < -0.3 is 24.8 Å². The van der Waals surface area contributed by atoms with Crippen LogP contribution in [0.15, 0.2) is 140 Å². The minimum atomic E-state index is -1.26. The van der Waals surface area contributed by atoms with Crippen LogP contribution in [-0.2, 0) is 26.2 Å². The van der Waals surface area contributed by atoms with Gasteiger partial charge in [0.05, 0.1) is 8.41 Å². The Morgan fingerprint density at radius 1 is 0.524 bits per heavy atom. The molecule has 0 unspecified atom stereocenters. The van der Waals surface area contributed by atoms with Crippen molar-refractivity contribution >= 4 is 52.0 Å². The fraction of sp³-hybridized carbons (Fsp3) is 0.0263. The first-order valence-electron chi connectivity index (χ1n) is 13.6. The Kier molecular flexibility index (Phi) is 9.11. The maximum absolute atomic E-state index is 3.89. The molecule has 0 aromatic heterocycles. The third kappa shape index (κ3) is 4.85. The molecule has 0 N–H and O–H groups in total. The number of halogens is 2. The molecular weight excluding hydrogens is 647 g/mol. The third-order valence-corrected chi connectivity index (χ3v) is 10.9. The van der Waals surface area contributed by atoms with Crippen LogP contribution >= 0.6 is 0 Å². The molecule has 0 atom stereocenters. The standard InChI is InChI=1S/C38H25Si.2ClH.Zr/c1-3-15-28(16-4-1)39(29-17-5-2-6-18-29)35-24-23-27-25-34-32-21-10-9-19-30(32)31-20-11-12-22-33(31)38(34)37(27)36(35)26-13-7-8-14-26;;;/h1-13,15-24H,14H2;2*1H;/q-1;;;+3/p-2. The molecule has 2 aliphatic rings. The predicted molar refractivity (Wildman–Crippen MR) is 168 cm³/mol. The molecule has 0 bridgehead atoms. The summed E-state index contributed by atoms with van der Waals surface area (Å²) < 4.78 is 0. The Morgan fingerprint density at radius 2 is 1.07 bits per heavy atom. The molecule has 0 spiro atoms. The van der Waals surface area contributed by atoms with E-state index in [1.54, 1.807) is 0 Å². The van der Waals surface area contributed by atoms with E-state index in [0.717, 1.165) is 6.42 Å². The zero-order valence-electron chi connectivity index (χ0n) is 22.7. The van der Waals surface area contributed by atoms with Crippen LogP contribution in [0.25, 0.3) is 44.3 Å². The van der Waals surface area contributed by atoms with E-state index < -0.39 is 8.41 Å². The van der Waals surface area contributed by atoms with Crippen LogP contribution in [-0.4, -0.2) is 8.41 Å². The first kappa shape index (κ1) is 30.3. The monoisotopic (exact) mass is 669 g/mol. The first-order valence-corrected chi connectivity index (χ1v) is 15.1. The smallest absolute Gasteiger partial charge is 1.00 e. The summed E-state index contributed by atoms with van der Waals surface area (Å²) in [4.78, 5) is 1.46. The summed E-state index contributed by atoms with van der Waals surface area (Å²) >= 11 is 0. The summed E-state index contributed by atoms with van der Waals surface area (Å²) in [6.07, 6.45) is 11.7. The quantitative estimate of drug-likeness (QED) is 0.151. The van der Waals surface area contributed by atoms with Crippen molar-refractivity contribution < 1.29 is 51.0 Å². The largest absolute Gasteiger partial charge is 3.00 e. The van der Waals surface area contributed by atoms with Crippen LogP contribution in [0.2, 0.25) is 0 Å². The van der Waals surface area contributed by atoms with Crippen molar-refractivity contribution in [2.45, 2.75) is 6.42 Å². The average Bonchev–Trinajstić information content (AvgIpc) is 3.68. The van der Waals surface area contributed by atoms with Gasteiger partial charge in [-0.3, -0.25) is 0 Å². The molecule has 0 fully saturated rings. The molecule has 42 heavy (non-hydrogen) atoms. The summed E-state index contributed by atoms with van der Waals surface area (Å²) in [6.45, 7) is 0. The van der Waals surface area contributed by atoms with E-state index in [-0.39, 0.29) is 51.0 Å². The normalized spacial score (nSPS) is 12.3. The van der Waals surface area contributed by atoms with Crippen molar-refractivity contribution in [3.63, 3.8) is 0 Å².